The molecule has 1 amide bonds. The standard InChI is InChI=1S/C19H23N3O3.C2H6/c1-12(20)14-10-13(15-11-21-9-8-17(15)24-5)6-7-16(14)22-18(23)25-19(2,3)4;1-2/h6-11,20H,1-5H3,(H,22,23);1-2H3. The molecule has 2 rings (SSSR count). The third-order valence-corrected chi connectivity index (χ3v) is 3.37. The number of aromatic nitrogens is 1. The van der Waals surface area contributed by atoms with Gasteiger partial charge in [-0.15, -0.1) is 0 Å². The summed E-state index contributed by atoms with van der Waals surface area (Å²) in [5.41, 5.74) is 2.53. The first-order chi connectivity index (χ1) is 12.7. The van der Waals surface area contributed by atoms with Gasteiger partial charge in [0.25, 0.3) is 0 Å². The number of carbonyl (C=O) groups excluding carboxylic acids is 1. The molecule has 1 aromatic heterocycles. The van der Waals surface area contributed by atoms with E-state index in [1.165, 1.54) is 0 Å². The van der Waals surface area contributed by atoms with Gasteiger partial charge in [-0.2, -0.15) is 0 Å². The quantitative estimate of drug-likeness (QED) is 0.693. The van der Waals surface area contributed by atoms with Crippen LogP contribution in [0.4, 0.5) is 10.5 Å². The normalized spacial score (nSPS) is 10.3. The van der Waals surface area contributed by atoms with Gasteiger partial charge >= 0.3 is 6.09 Å². The lowest BCUT2D eigenvalue weighted by Crippen LogP contribution is -2.27. The monoisotopic (exact) mass is 371 g/mol. The maximum atomic E-state index is 12.0. The van der Waals surface area contributed by atoms with Gasteiger partial charge in [0.05, 0.1) is 12.8 Å². The van der Waals surface area contributed by atoms with Crippen LogP contribution in [0, 0.1) is 5.41 Å². The fourth-order valence-electron chi connectivity index (χ4n) is 2.32. The van der Waals surface area contributed by atoms with Crippen molar-refractivity contribution in [1.82, 2.24) is 4.98 Å². The van der Waals surface area contributed by atoms with Crippen LogP contribution < -0.4 is 10.1 Å². The zero-order chi connectivity index (χ0) is 20.6. The van der Waals surface area contributed by atoms with E-state index in [-0.39, 0.29) is 0 Å². The Hall–Kier alpha value is -2.89. The first-order valence-electron chi connectivity index (χ1n) is 8.89. The second-order valence-corrected chi connectivity index (χ2v) is 6.59. The molecule has 1 heterocycles. The second kappa shape index (κ2) is 9.71. The van der Waals surface area contributed by atoms with Gasteiger partial charge in [-0.05, 0) is 51.5 Å². The van der Waals surface area contributed by atoms with E-state index in [0.717, 1.165) is 11.1 Å². The van der Waals surface area contributed by atoms with E-state index in [0.29, 0.717) is 22.7 Å². The van der Waals surface area contributed by atoms with E-state index in [4.69, 9.17) is 14.9 Å². The summed E-state index contributed by atoms with van der Waals surface area (Å²) < 4.78 is 10.6. The Labute approximate surface area is 161 Å². The van der Waals surface area contributed by atoms with E-state index in [2.05, 4.69) is 10.3 Å². The largest absolute Gasteiger partial charge is 0.496 e. The Balaban J connectivity index is 0.00000176. The number of ether oxygens (including phenoxy) is 2. The predicted molar refractivity (Wildman–Crippen MR) is 110 cm³/mol. The summed E-state index contributed by atoms with van der Waals surface area (Å²) in [6.07, 6.45) is 2.81. The van der Waals surface area contributed by atoms with Gasteiger partial charge in [0.15, 0.2) is 0 Å². The van der Waals surface area contributed by atoms with Crippen LogP contribution in [0.15, 0.2) is 36.7 Å². The smallest absolute Gasteiger partial charge is 0.412 e. The van der Waals surface area contributed by atoms with Crippen molar-refractivity contribution in [3.63, 3.8) is 0 Å². The molecular weight excluding hydrogens is 342 g/mol. The highest BCUT2D eigenvalue weighted by Crippen LogP contribution is 2.31. The van der Waals surface area contributed by atoms with Crippen molar-refractivity contribution < 1.29 is 14.3 Å². The highest BCUT2D eigenvalue weighted by Gasteiger charge is 2.18. The molecule has 6 nitrogen and oxygen atoms in total. The van der Waals surface area contributed by atoms with E-state index in [1.54, 1.807) is 59.3 Å². The lowest BCUT2D eigenvalue weighted by atomic mass is 10.00. The van der Waals surface area contributed by atoms with Crippen molar-refractivity contribution in [3.8, 4) is 16.9 Å². The topological polar surface area (TPSA) is 84.3 Å². The number of methoxy groups -OCH3 is 1. The van der Waals surface area contributed by atoms with Crippen LogP contribution in [0.5, 0.6) is 5.75 Å². The van der Waals surface area contributed by atoms with Crippen molar-refractivity contribution in [3.05, 3.63) is 42.2 Å². The predicted octanol–water partition coefficient (Wildman–Crippen LogP) is 5.52. The van der Waals surface area contributed by atoms with Crippen molar-refractivity contribution in [2.24, 2.45) is 0 Å². The number of hydrogen-bond donors (Lipinski definition) is 2. The summed E-state index contributed by atoms with van der Waals surface area (Å²) in [7, 11) is 1.60. The lowest BCUT2D eigenvalue weighted by Gasteiger charge is -2.20. The highest BCUT2D eigenvalue weighted by atomic mass is 16.6. The molecule has 0 saturated carbocycles. The summed E-state index contributed by atoms with van der Waals surface area (Å²) in [6.45, 7) is 11.1. The zero-order valence-electron chi connectivity index (χ0n) is 17.1. The molecule has 0 aliphatic rings. The summed E-state index contributed by atoms with van der Waals surface area (Å²) >= 11 is 0. The van der Waals surface area contributed by atoms with Gasteiger partial charge in [0, 0.05) is 29.2 Å². The minimum Gasteiger partial charge on any atom is -0.496 e. The Morgan fingerprint density at radius 1 is 1.19 bits per heavy atom. The SMILES string of the molecule is CC.COc1ccncc1-c1ccc(NC(=O)OC(C)(C)C)c(C(C)=N)c1. The van der Waals surface area contributed by atoms with E-state index >= 15 is 0 Å². The molecule has 2 aromatic rings. The number of nitrogens with zero attached hydrogens (tertiary/aromatic N) is 1. The van der Waals surface area contributed by atoms with Crippen LogP contribution in [-0.2, 0) is 4.74 Å². The number of nitrogens with one attached hydrogen (secondary N) is 2. The van der Waals surface area contributed by atoms with Crippen LogP contribution in [0.2, 0.25) is 0 Å². The molecule has 146 valence electrons. The molecule has 0 atom stereocenters. The molecule has 0 unspecified atom stereocenters. The van der Waals surface area contributed by atoms with Gasteiger partial charge in [-0.3, -0.25) is 10.3 Å². The molecule has 0 spiro atoms. The van der Waals surface area contributed by atoms with Crippen molar-refractivity contribution in [2.45, 2.75) is 47.1 Å². The minimum atomic E-state index is -0.590. The highest BCUT2D eigenvalue weighted by molar-refractivity contribution is 6.05. The van der Waals surface area contributed by atoms with Gasteiger partial charge in [-0.1, -0.05) is 19.9 Å². The van der Waals surface area contributed by atoms with E-state index in [1.807, 2.05) is 26.0 Å². The molecule has 0 bridgehead atoms. The molecule has 1 aromatic carbocycles. The Morgan fingerprint density at radius 3 is 2.41 bits per heavy atom. The fourth-order valence-corrected chi connectivity index (χ4v) is 2.32. The number of hydrogen-bond acceptors (Lipinski definition) is 5. The molecule has 27 heavy (non-hydrogen) atoms. The van der Waals surface area contributed by atoms with Crippen LogP contribution in [0.3, 0.4) is 0 Å². The average molecular weight is 371 g/mol. The lowest BCUT2D eigenvalue weighted by molar-refractivity contribution is 0.0636. The van der Waals surface area contributed by atoms with Crippen LogP contribution >= 0.6 is 0 Å². The third kappa shape index (κ3) is 6.40. The molecule has 0 radical (unpaired) electrons. The van der Waals surface area contributed by atoms with Crippen molar-refractivity contribution >= 4 is 17.5 Å². The molecule has 0 saturated heterocycles. The number of benzene rings is 1. The van der Waals surface area contributed by atoms with Gasteiger partial charge < -0.3 is 14.9 Å². The molecule has 0 aliphatic heterocycles. The molecular formula is C21H29N3O3. The van der Waals surface area contributed by atoms with E-state index in [9.17, 15) is 4.79 Å². The van der Waals surface area contributed by atoms with E-state index < -0.39 is 11.7 Å². The van der Waals surface area contributed by atoms with Crippen molar-refractivity contribution in [1.29, 1.82) is 5.41 Å². The number of carbonyl (C=O) groups is 1. The first-order valence-corrected chi connectivity index (χ1v) is 8.89. The van der Waals surface area contributed by atoms with Gasteiger partial charge in [0.1, 0.15) is 11.4 Å². The summed E-state index contributed by atoms with van der Waals surface area (Å²) in [4.78, 5) is 16.2. The maximum absolute atomic E-state index is 12.0. The first kappa shape index (κ1) is 22.2. The summed E-state index contributed by atoms with van der Waals surface area (Å²) in [5, 5.41) is 10.7. The average Bonchev–Trinajstić information content (AvgIpc) is 2.62. The number of rotatable bonds is 4. The summed E-state index contributed by atoms with van der Waals surface area (Å²) in [5.74, 6) is 0.691. The number of pyridine rings is 1. The fraction of sp³-hybridized carbons (Fsp3) is 0.381. The van der Waals surface area contributed by atoms with Crippen LogP contribution in [0.25, 0.3) is 11.1 Å². The molecule has 0 fully saturated rings. The number of amides is 1. The molecule has 2 N–H and O–H groups in total. The van der Waals surface area contributed by atoms with Gasteiger partial charge in [-0.25, -0.2) is 4.79 Å². The van der Waals surface area contributed by atoms with Crippen LogP contribution in [0.1, 0.15) is 47.1 Å². The van der Waals surface area contributed by atoms with Crippen LogP contribution in [-0.4, -0.2) is 29.5 Å². The third-order valence-electron chi connectivity index (χ3n) is 3.37. The molecule has 6 heteroatoms. The number of anilines is 1. The summed E-state index contributed by atoms with van der Waals surface area (Å²) in [6, 6.07) is 7.20. The second-order valence-electron chi connectivity index (χ2n) is 6.59. The Morgan fingerprint density at radius 2 is 1.85 bits per heavy atom. The maximum Gasteiger partial charge on any atom is 0.412 e. The Bertz CT molecular complexity index is 795. The van der Waals surface area contributed by atoms with Gasteiger partial charge in [0.2, 0.25) is 0 Å². The zero-order valence-corrected chi connectivity index (χ0v) is 17.1. The minimum absolute atomic E-state index is 0.329. The Kier molecular flexibility index (Phi) is 7.97. The van der Waals surface area contributed by atoms with Crippen molar-refractivity contribution in [2.75, 3.05) is 12.4 Å². The molecule has 0 aliphatic carbocycles.